The van der Waals surface area contributed by atoms with E-state index in [2.05, 4.69) is 15.2 Å². The number of aryl methyl sites for hydroxylation is 1. The van der Waals surface area contributed by atoms with Gasteiger partial charge in [-0.1, -0.05) is 23.8 Å². The van der Waals surface area contributed by atoms with Gasteiger partial charge >= 0.3 is 0 Å². The zero-order valence-electron chi connectivity index (χ0n) is 17.2. The number of nitrogens with zero attached hydrogens (tertiary/aromatic N) is 4. The Kier molecular flexibility index (Phi) is 5.04. The van der Waals surface area contributed by atoms with Crippen molar-refractivity contribution < 1.29 is 9.21 Å². The SMILES string of the molecule is Cc1cccc(-c2nnc(-c3ccc(C(=O)N(Cc4ccccn4)C4CC4)cc3)o2)c1. The fraction of sp³-hybridized carbons (Fsp3) is 0.200. The number of hydrogen-bond acceptors (Lipinski definition) is 5. The highest BCUT2D eigenvalue weighted by atomic mass is 16.4. The molecule has 2 aromatic heterocycles. The minimum absolute atomic E-state index is 0.0191. The number of pyridine rings is 1. The number of benzene rings is 2. The maximum absolute atomic E-state index is 13.1. The second-order valence-electron chi connectivity index (χ2n) is 7.84. The van der Waals surface area contributed by atoms with E-state index in [1.165, 1.54) is 0 Å². The summed E-state index contributed by atoms with van der Waals surface area (Å²) in [7, 11) is 0. The van der Waals surface area contributed by atoms with E-state index < -0.39 is 0 Å². The summed E-state index contributed by atoms with van der Waals surface area (Å²) >= 11 is 0. The predicted molar refractivity (Wildman–Crippen MR) is 117 cm³/mol. The van der Waals surface area contributed by atoms with Gasteiger partial charge in [-0.15, -0.1) is 10.2 Å². The monoisotopic (exact) mass is 410 g/mol. The van der Waals surface area contributed by atoms with Crippen molar-refractivity contribution in [2.75, 3.05) is 0 Å². The molecule has 0 atom stereocenters. The van der Waals surface area contributed by atoms with Gasteiger partial charge in [0.05, 0.1) is 12.2 Å². The van der Waals surface area contributed by atoms with Crippen LogP contribution >= 0.6 is 0 Å². The minimum atomic E-state index is 0.0191. The molecule has 1 saturated carbocycles. The third kappa shape index (κ3) is 4.23. The molecule has 4 aromatic rings. The molecule has 0 saturated heterocycles. The van der Waals surface area contributed by atoms with Crippen molar-refractivity contribution in [3.05, 3.63) is 89.7 Å². The van der Waals surface area contributed by atoms with Gasteiger partial charge in [-0.2, -0.15) is 0 Å². The Morgan fingerprint density at radius 3 is 2.42 bits per heavy atom. The fourth-order valence-corrected chi connectivity index (χ4v) is 3.57. The molecule has 31 heavy (non-hydrogen) atoms. The Morgan fingerprint density at radius 1 is 0.968 bits per heavy atom. The summed E-state index contributed by atoms with van der Waals surface area (Å²) in [6.45, 7) is 2.55. The molecule has 1 amide bonds. The average molecular weight is 410 g/mol. The number of hydrogen-bond donors (Lipinski definition) is 0. The molecule has 2 aromatic carbocycles. The Labute approximate surface area is 180 Å². The minimum Gasteiger partial charge on any atom is -0.416 e. The summed E-state index contributed by atoms with van der Waals surface area (Å²) in [5.74, 6) is 0.933. The molecule has 0 aliphatic heterocycles. The Hall–Kier alpha value is -3.80. The van der Waals surface area contributed by atoms with Crippen LogP contribution < -0.4 is 0 Å². The van der Waals surface area contributed by atoms with Crippen molar-refractivity contribution in [1.29, 1.82) is 0 Å². The number of rotatable bonds is 6. The third-order valence-electron chi connectivity index (χ3n) is 5.38. The maximum atomic E-state index is 13.1. The zero-order valence-corrected chi connectivity index (χ0v) is 17.2. The molecule has 1 aliphatic carbocycles. The zero-order chi connectivity index (χ0) is 21.2. The van der Waals surface area contributed by atoms with Gasteiger partial charge in [0.2, 0.25) is 11.8 Å². The van der Waals surface area contributed by atoms with Crippen LogP contribution in [-0.4, -0.2) is 32.0 Å². The summed E-state index contributed by atoms with van der Waals surface area (Å²) in [6.07, 6.45) is 3.84. The normalized spacial score (nSPS) is 13.2. The summed E-state index contributed by atoms with van der Waals surface area (Å²) in [5.41, 5.74) is 4.34. The van der Waals surface area contributed by atoms with Crippen molar-refractivity contribution in [2.24, 2.45) is 0 Å². The highest BCUT2D eigenvalue weighted by Crippen LogP contribution is 2.30. The van der Waals surface area contributed by atoms with E-state index in [1.807, 2.05) is 78.6 Å². The van der Waals surface area contributed by atoms with Crippen LogP contribution in [0.15, 0.2) is 77.3 Å². The van der Waals surface area contributed by atoms with E-state index >= 15 is 0 Å². The molecule has 1 fully saturated rings. The van der Waals surface area contributed by atoms with Gasteiger partial charge in [0, 0.05) is 28.9 Å². The molecule has 0 bridgehead atoms. The van der Waals surface area contributed by atoms with Gasteiger partial charge in [-0.05, 0) is 68.3 Å². The van der Waals surface area contributed by atoms with E-state index in [-0.39, 0.29) is 5.91 Å². The van der Waals surface area contributed by atoms with E-state index in [0.29, 0.717) is 29.9 Å². The van der Waals surface area contributed by atoms with Crippen LogP contribution in [-0.2, 0) is 6.54 Å². The van der Waals surface area contributed by atoms with Gasteiger partial charge in [-0.3, -0.25) is 9.78 Å². The topological polar surface area (TPSA) is 72.1 Å². The number of carbonyl (C=O) groups is 1. The van der Waals surface area contributed by atoms with E-state index in [0.717, 1.165) is 35.2 Å². The van der Waals surface area contributed by atoms with Crippen LogP contribution in [0.4, 0.5) is 0 Å². The standard InChI is InChI=1S/C25H22N4O2/c1-17-5-4-6-20(15-17)24-28-27-23(31-24)18-8-10-19(11-9-18)25(30)29(22-12-13-22)16-21-7-2-3-14-26-21/h2-11,14-15,22H,12-13,16H2,1H3. The van der Waals surface area contributed by atoms with Gasteiger partial charge in [0.25, 0.3) is 5.91 Å². The van der Waals surface area contributed by atoms with Crippen molar-refractivity contribution in [3.8, 4) is 22.9 Å². The number of amides is 1. The molecule has 6 nitrogen and oxygen atoms in total. The van der Waals surface area contributed by atoms with Crippen molar-refractivity contribution in [2.45, 2.75) is 32.4 Å². The van der Waals surface area contributed by atoms with Crippen LogP contribution in [0.3, 0.4) is 0 Å². The lowest BCUT2D eigenvalue weighted by Crippen LogP contribution is -2.32. The van der Waals surface area contributed by atoms with Crippen LogP contribution in [0.2, 0.25) is 0 Å². The molecule has 0 N–H and O–H groups in total. The van der Waals surface area contributed by atoms with E-state index in [9.17, 15) is 4.79 Å². The lowest BCUT2D eigenvalue weighted by Gasteiger charge is -2.22. The highest BCUT2D eigenvalue weighted by molar-refractivity contribution is 5.95. The van der Waals surface area contributed by atoms with Crippen LogP contribution in [0.25, 0.3) is 22.9 Å². The lowest BCUT2D eigenvalue weighted by molar-refractivity contribution is 0.0727. The third-order valence-corrected chi connectivity index (χ3v) is 5.38. The molecule has 2 heterocycles. The first-order valence-electron chi connectivity index (χ1n) is 10.4. The molecule has 5 rings (SSSR count). The van der Waals surface area contributed by atoms with E-state index in [1.54, 1.807) is 6.20 Å². The Morgan fingerprint density at radius 2 is 1.74 bits per heavy atom. The first kappa shape index (κ1) is 19.2. The molecule has 154 valence electrons. The summed E-state index contributed by atoms with van der Waals surface area (Å²) in [4.78, 5) is 19.4. The molecular weight excluding hydrogens is 388 g/mol. The number of carbonyl (C=O) groups excluding carboxylic acids is 1. The van der Waals surface area contributed by atoms with Crippen molar-refractivity contribution >= 4 is 5.91 Å². The fourth-order valence-electron chi connectivity index (χ4n) is 3.57. The molecular formula is C25H22N4O2. The first-order valence-corrected chi connectivity index (χ1v) is 10.4. The van der Waals surface area contributed by atoms with Gasteiger partial charge in [0.15, 0.2) is 0 Å². The predicted octanol–water partition coefficient (Wildman–Crippen LogP) is 4.91. The molecule has 0 unspecified atom stereocenters. The highest BCUT2D eigenvalue weighted by Gasteiger charge is 2.33. The molecule has 6 heteroatoms. The number of aromatic nitrogens is 3. The Balaban J connectivity index is 1.34. The first-order chi connectivity index (χ1) is 15.2. The van der Waals surface area contributed by atoms with Crippen molar-refractivity contribution in [3.63, 3.8) is 0 Å². The maximum Gasteiger partial charge on any atom is 0.254 e. The summed E-state index contributed by atoms with van der Waals surface area (Å²) < 4.78 is 5.86. The van der Waals surface area contributed by atoms with Gasteiger partial charge in [0.1, 0.15) is 0 Å². The Bertz CT molecular complexity index is 1200. The van der Waals surface area contributed by atoms with Crippen LogP contribution in [0, 0.1) is 6.92 Å². The van der Waals surface area contributed by atoms with Gasteiger partial charge in [-0.25, -0.2) is 0 Å². The van der Waals surface area contributed by atoms with Gasteiger partial charge < -0.3 is 9.32 Å². The van der Waals surface area contributed by atoms with E-state index in [4.69, 9.17) is 4.42 Å². The molecule has 1 aliphatic rings. The van der Waals surface area contributed by atoms with Crippen LogP contribution in [0.1, 0.15) is 34.5 Å². The average Bonchev–Trinajstić information content (AvgIpc) is 3.53. The lowest BCUT2D eigenvalue weighted by atomic mass is 10.1. The smallest absolute Gasteiger partial charge is 0.254 e. The summed E-state index contributed by atoms with van der Waals surface area (Å²) in [5, 5.41) is 8.35. The molecule has 0 spiro atoms. The second kappa shape index (κ2) is 8.14. The van der Waals surface area contributed by atoms with Crippen LogP contribution in [0.5, 0.6) is 0 Å². The second-order valence-corrected chi connectivity index (χ2v) is 7.84. The quantitative estimate of drug-likeness (QED) is 0.451. The largest absolute Gasteiger partial charge is 0.416 e. The molecule has 0 radical (unpaired) electrons. The van der Waals surface area contributed by atoms with Crippen molar-refractivity contribution in [1.82, 2.24) is 20.1 Å². The summed E-state index contributed by atoms with van der Waals surface area (Å²) in [6, 6.07) is 21.4.